The molecule has 1 aromatic carbocycles. The van der Waals surface area contributed by atoms with Gasteiger partial charge in [0.15, 0.2) is 12.5 Å². The van der Waals surface area contributed by atoms with Crippen LogP contribution in [0, 0.1) is 5.82 Å². The number of nitrogens with zero attached hydrogens (tertiary/aromatic N) is 3. The summed E-state index contributed by atoms with van der Waals surface area (Å²) in [6.07, 6.45) is 0. The van der Waals surface area contributed by atoms with Crippen LogP contribution in [0.2, 0.25) is 0 Å². The Labute approximate surface area is 90.5 Å². The topological polar surface area (TPSA) is 53.5 Å². The maximum absolute atomic E-state index is 13.4. The van der Waals surface area contributed by atoms with Gasteiger partial charge in [0.2, 0.25) is 11.8 Å². The minimum absolute atomic E-state index is 0.299. The van der Waals surface area contributed by atoms with Gasteiger partial charge in [-0.15, -0.1) is 5.10 Å². The largest absolute Gasteiger partial charge is 0.457 e. The van der Waals surface area contributed by atoms with Gasteiger partial charge in [-0.05, 0) is 12.1 Å². The van der Waals surface area contributed by atoms with E-state index in [-0.39, 0.29) is 5.82 Å². The second-order valence-corrected chi connectivity index (χ2v) is 3.49. The van der Waals surface area contributed by atoms with E-state index >= 15 is 0 Å². The van der Waals surface area contributed by atoms with E-state index in [1.165, 1.54) is 6.07 Å². The summed E-state index contributed by atoms with van der Waals surface area (Å²) >= 11 is 0. The fourth-order valence-corrected chi connectivity index (χ4v) is 1.60. The lowest BCUT2D eigenvalue weighted by molar-refractivity contribution is 0.333. The number of hydrogen-bond acceptors (Lipinski definition) is 4. The van der Waals surface area contributed by atoms with Gasteiger partial charge in [0, 0.05) is 6.92 Å². The molecule has 0 aliphatic carbocycles. The molecule has 0 spiro atoms. The molecule has 6 heteroatoms. The monoisotopic (exact) mass is 220 g/mol. The van der Waals surface area contributed by atoms with Crippen LogP contribution in [0.25, 0.3) is 11.0 Å². The molecule has 0 amide bonds. The van der Waals surface area contributed by atoms with Crippen molar-refractivity contribution in [1.82, 2.24) is 9.97 Å². The van der Waals surface area contributed by atoms with E-state index in [9.17, 15) is 4.39 Å². The lowest BCUT2D eigenvalue weighted by Gasteiger charge is -2.05. The highest BCUT2D eigenvalue weighted by molar-refractivity contribution is 5.80. The summed E-state index contributed by atoms with van der Waals surface area (Å²) in [7, 11) is 0. The van der Waals surface area contributed by atoms with Crippen molar-refractivity contribution < 1.29 is 9.13 Å². The Balaban J connectivity index is 2.09. The number of halogens is 1. The molecule has 1 N–H and O–H groups in total. The highest BCUT2D eigenvalue weighted by Crippen LogP contribution is 2.21. The second kappa shape index (κ2) is 3.19. The van der Waals surface area contributed by atoms with E-state index in [0.29, 0.717) is 29.6 Å². The molecule has 3 rings (SSSR count). The zero-order valence-electron chi connectivity index (χ0n) is 8.57. The number of rotatable bonds is 1. The van der Waals surface area contributed by atoms with Crippen molar-refractivity contribution >= 4 is 22.9 Å². The van der Waals surface area contributed by atoms with Crippen molar-refractivity contribution in [3.63, 3.8) is 0 Å². The lowest BCUT2D eigenvalue weighted by Crippen LogP contribution is -2.14. The lowest BCUT2D eigenvalue weighted by atomic mass is 10.3. The maximum Gasteiger partial charge on any atom is 0.228 e. The molecule has 82 valence electrons. The third kappa shape index (κ3) is 1.30. The van der Waals surface area contributed by atoms with Crippen LogP contribution in [0.4, 0.5) is 10.3 Å². The first-order valence-electron chi connectivity index (χ1n) is 4.84. The van der Waals surface area contributed by atoms with Gasteiger partial charge in [-0.3, -0.25) is 0 Å². The predicted molar refractivity (Wildman–Crippen MR) is 57.6 cm³/mol. The number of H-pyrrole nitrogens is 1. The normalized spacial score (nSPS) is 15.4. The van der Waals surface area contributed by atoms with Gasteiger partial charge in [-0.25, -0.2) is 9.37 Å². The summed E-state index contributed by atoms with van der Waals surface area (Å²) in [6, 6.07) is 4.78. The maximum atomic E-state index is 13.4. The summed E-state index contributed by atoms with van der Waals surface area (Å²) in [4.78, 5) is 7.12. The van der Waals surface area contributed by atoms with Crippen molar-refractivity contribution in [3.05, 3.63) is 24.0 Å². The summed E-state index contributed by atoms with van der Waals surface area (Å²) in [5.74, 6) is 0.707. The second-order valence-electron chi connectivity index (χ2n) is 3.49. The molecule has 1 aromatic heterocycles. The predicted octanol–water partition coefficient (Wildman–Crippen LogP) is 1.83. The van der Waals surface area contributed by atoms with Crippen LogP contribution in [0.1, 0.15) is 6.92 Å². The minimum Gasteiger partial charge on any atom is -0.457 e. The summed E-state index contributed by atoms with van der Waals surface area (Å²) in [5, 5.41) is 5.65. The molecule has 0 saturated heterocycles. The van der Waals surface area contributed by atoms with Gasteiger partial charge < -0.3 is 9.72 Å². The molecular weight excluding hydrogens is 211 g/mol. The Morgan fingerprint density at radius 1 is 1.50 bits per heavy atom. The highest BCUT2D eigenvalue weighted by atomic mass is 19.1. The zero-order chi connectivity index (χ0) is 11.1. The van der Waals surface area contributed by atoms with Gasteiger partial charge in [0.05, 0.1) is 5.52 Å². The number of para-hydroxylation sites is 1. The first-order chi connectivity index (χ1) is 7.74. The van der Waals surface area contributed by atoms with Gasteiger partial charge in [0.1, 0.15) is 5.52 Å². The third-order valence-corrected chi connectivity index (χ3v) is 2.35. The fraction of sp³-hybridized carbons (Fsp3) is 0.200. The van der Waals surface area contributed by atoms with Crippen molar-refractivity contribution in [3.8, 4) is 0 Å². The van der Waals surface area contributed by atoms with Crippen molar-refractivity contribution in [2.24, 2.45) is 5.10 Å². The van der Waals surface area contributed by atoms with Crippen LogP contribution in [0.3, 0.4) is 0 Å². The molecule has 2 aromatic rings. The van der Waals surface area contributed by atoms with Gasteiger partial charge >= 0.3 is 0 Å². The number of hydrogen-bond donors (Lipinski definition) is 1. The SMILES string of the molecule is CC1=NN(c2nc3c(F)cccc3[nH]2)CO1. The summed E-state index contributed by atoms with van der Waals surface area (Å²) < 4.78 is 18.6. The van der Waals surface area contributed by atoms with E-state index in [2.05, 4.69) is 15.1 Å². The number of anilines is 1. The molecule has 2 heterocycles. The summed E-state index contributed by atoms with van der Waals surface area (Å²) in [6.45, 7) is 2.05. The van der Waals surface area contributed by atoms with E-state index in [0.717, 1.165) is 0 Å². The molecular formula is C10H9FN4O. The Morgan fingerprint density at radius 3 is 3.06 bits per heavy atom. The van der Waals surface area contributed by atoms with Crippen LogP contribution < -0.4 is 5.01 Å². The number of fused-ring (bicyclic) bond motifs is 1. The van der Waals surface area contributed by atoms with Gasteiger partial charge in [-0.1, -0.05) is 6.07 Å². The number of aromatic nitrogens is 2. The smallest absolute Gasteiger partial charge is 0.228 e. The van der Waals surface area contributed by atoms with Gasteiger partial charge in [0.25, 0.3) is 0 Å². The van der Waals surface area contributed by atoms with E-state index in [1.807, 2.05) is 0 Å². The number of benzene rings is 1. The molecule has 16 heavy (non-hydrogen) atoms. The number of nitrogens with one attached hydrogen (secondary N) is 1. The van der Waals surface area contributed by atoms with Crippen LogP contribution in [-0.2, 0) is 4.74 Å². The first-order valence-corrected chi connectivity index (χ1v) is 4.84. The van der Waals surface area contributed by atoms with Crippen LogP contribution in [-0.4, -0.2) is 22.6 Å². The Bertz CT molecular complexity index is 577. The molecule has 5 nitrogen and oxygen atoms in total. The molecule has 0 radical (unpaired) electrons. The first kappa shape index (κ1) is 9.14. The fourth-order valence-electron chi connectivity index (χ4n) is 1.60. The standard InChI is InChI=1S/C10H9FN4O/c1-6-14-15(5-16-6)10-12-8-4-2-3-7(11)9(8)13-10/h2-4H,5H2,1H3,(H,12,13). The average Bonchev–Trinajstić information content (AvgIpc) is 2.84. The third-order valence-electron chi connectivity index (χ3n) is 2.35. The number of hydrazone groups is 1. The van der Waals surface area contributed by atoms with Crippen molar-refractivity contribution in [2.75, 3.05) is 11.7 Å². The van der Waals surface area contributed by atoms with Crippen molar-refractivity contribution in [2.45, 2.75) is 6.92 Å². The van der Waals surface area contributed by atoms with E-state index in [4.69, 9.17) is 4.74 Å². The number of imidazole rings is 1. The zero-order valence-corrected chi connectivity index (χ0v) is 8.57. The quantitative estimate of drug-likeness (QED) is 0.797. The summed E-state index contributed by atoms with van der Waals surface area (Å²) in [5.41, 5.74) is 0.965. The minimum atomic E-state index is -0.346. The molecule has 0 bridgehead atoms. The van der Waals surface area contributed by atoms with Gasteiger partial charge in [-0.2, -0.15) is 5.01 Å². The Kier molecular flexibility index (Phi) is 1.82. The molecule has 0 saturated carbocycles. The van der Waals surface area contributed by atoms with E-state index < -0.39 is 0 Å². The Hall–Kier alpha value is -2.11. The molecule has 1 aliphatic heterocycles. The van der Waals surface area contributed by atoms with Crippen LogP contribution in [0.5, 0.6) is 0 Å². The molecule has 0 atom stereocenters. The average molecular weight is 220 g/mol. The van der Waals surface area contributed by atoms with Crippen molar-refractivity contribution in [1.29, 1.82) is 0 Å². The molecule has 1 aliphatic rings. The number of ether oxygens (including phenoxy) is 1. The number of aromatic amines is 1. The molecule has 0 unspecified atom stereocenters. The van der Waals surface area contributed by atoms with Crippen LogP contribution in [0.15, 0.2) is 23.3 Å². The Morgan fingerprint density at radius 2 is 2.38 bits per heavy atom. The van der Waals surface area contributed by atoms with E-state index in [1.54, 1.807) is 24.1 Å². The highest BCUT2D eigenvalue weighted by Gasteiger charge is 2.18. The van der Waals surface area contributed by atoms with Crippen LogP contribution >= 0.6 is 0 Å². The molecule has 0 fully saturated rings.